The number of anilines is 2. The summed E-state index contributed by atoms with van der Waals surface area (Å²) in [5.41, 5.74) is 6.13. The highest BCUT2D eigenvalue weighted by Gasteiger charge is 2.21. The molecule has 3 N–H and O–H groups in total. The van der Waals surface area contributed by atoms with Gasteiger partial charge >= 0.3 is 24.0 Å². The second kappa shape index (κ2) is 27.6. The summed E-state index contributed by atoms with van der Waals surface area (Å²) in [4.78, 5) is 61.1. The number of nitrogens with one attached hydrogen (secondary N) is 2. The molecule has 0 bridgehead atoms. The average Bonchev–Trinajstić information content (AvgIpc) is 4.02. The van der Waals surface area contributed by atoms with Crippen molar-refractivity contribution in [3.8, 4) is 45.9 Å². The van der Waals surface area contributed by atoms with Gasteiger partial charge in [-0.3, -0.25) is 9.59 Å². The van der Waals surface area contributed by atoms with Crippen LogP contribution in [0.15, 0.2) is 167 Å². The van der Waals surface area contributed by atoms with E-state index in [2.05, 4.69) is 20.6 Å². The van der Waals surface area contributed by atoms with Crippen LogP contribution in [-0.4, -0.2) is 96.5 Å². The van der Waals surface area contributed by atoms with Crippen LogP contribution in [-0.2, 0) is 40.3 Å². The highest BCUT2D eigenvalue weighted by Crippen LogP contribution is 2.25. The predicted octanol–water partition coefficient (Wildman–Crippen LogP) is 10.9. The molecule has 0 saturated heterocycles. The fraction of sp³-hybridized carbons (Fsp3) is 0.220. The van der Waals surface area contributed by atoms with Crippen LogP contribution in [0.3, 0.4) is 0 Å². The average molecular weight is 1050 g/mol. The predicted molar refractivity (Wildman–Crippen MR) is 289 cm³/mol. The number of carbonyl (C=O) groups excluding carboxylic acids is 3. The number of hydrogen-bond donors (Lipinski definition) is 3. The number of esters is 1. The highest BCUT2D eigenvalue weighted by molar-refractivity contribution is 5.92. The number of aryl methyl sites for hydroxylation is 2. The van der Waals surface area contributed by atoms with Gasteiger partial charge in [0.25, 0.3) is 0 Å². The van der Waals surface area contributed by atoms with Crippen molar-refractivity contribution in [1.29, 1.82) is 0 Å². The number of ether oxygens (including phenoxy) is 5. The molecule has 6 aromatic carbocycles. The number of hydrogen-bond acceptors (Lipinski definition) is 13. The fourth-order valence-corrected chi connectivity index (χ4v) is 7.70. The molecule has 8 aromatic rings. The molecule has 0 fully saturated rings. The molecular weight excluding hydrogens is 985 g/mol. The summed E-state index contributed by atoms with van der Waals surface area (Å²) in [6.45, 7) is 4.15. The standard InChI is InChI=1S/C30H31N3O6.C29H29N3O6/c1-21-27(32-29(39-21)23-9-5-4-6-10-23)16-17-38-26-11-7-8-22(18-26)19-33(20-28(34)37-3)30(35)31-24-12-14-25(36-2)15-13-24;1-20-26(31-28(38-20)22-8-4-3-5-9-22)15-16-37-25-10-6-7-21(17-25)18-32(19-27(33)34)29(35)30-23-11-13-24(36-2)14-12-23/h4-15,18H,16-17,19-20H2,1-3H3,(H,31,35);3-14,17H,15-16,18-19H2,1-2H3,(H,30,35)(H,33,34). The molecule has 0 aliphatic carbocycles. The Balaban J connectivity index is 0.000000224. The van der Waals surface area contributed by atoms with Gasteiger partial charge in [0.1, 0.15) is 47.6 Å². The molecule has 4 amide bonds. The molecule has 8 rings (SSSR count). The Hall–Kier alpha value is -9.58. The molecular formula is C59H60N6O12. The van der Waals surface area contributed by atoms with E-state index in [1.54, 1.807) is 74.9 Å². The minimum atomic E-state index is -1.11. The fourth-order valence-electron chi connectivity index (χ4n) is 7.70. The van der Waals surface area contributed by atoms with Crippen molar-refractivity contribution >= 4 is 35.4 Å². The summed E-state index contributed by atoms with van der Waals surface area (Å²) in [7, 11) is 4.41. The number of aromatic nitrogens is 2. The van der Waals surface area contributed by atoms with Crippen molar-refractivity contribution in [1.82, 2.24) is 19.8 Å². The van der Waals surface area contributed by atoms with E-state index in [1.807, 2.05) is 111 Å². The van der Waals surface area contributed by atoms with Gasteiger partial charge in [-0.1, -0.05) is 60.7 Å². The largest absolute Gasteiger partial charge is 0.497 e. The van der Waals surface area contributed by atoms with Gasteiger partial charge in [0.2, 0.25) is 11.8 Å². The molecule has 77 heavy (non-hydrogen) atoms. The number of carboxylic acids is 1. The van der Waals surface area contributed by atoms with E-state index < -0.39 is 30.5 Å². The number of methoxy groups -OCH3 is 3. The zero-order chi connectivity index (χ0) is 54.5. The van der Waals surface area contributed by atoms with E-state index in [0.29, 0.717) is 72.2 Å². The van der Waals surface area contributed by atoms with Crippen molar-refractivity contribution in [3.63, 3.8) is 0 Å². The van der Waals surface area contributed by atoms with E-state index in [9.17, 15) is 24.3 Å². The van der Waals surface area contributed by atoms with Crippen LogP contribution >= 0.6 is 0 Å². The monoisotopic (exact) mass is 1040 g/mol. The van der Waals surface area contributed by atoms with Gasteiger partial charge in [-0.05, 0) is 122 Å². The second-order valence-corrected chi connectivity index (χ2v) is 17.3. The molecule has 2 heterocycles. The Morgan fingerprint density at radius 3 is 1.32 bits per heavy atom. The molecule has 0 aliphatic rings. The normalized spacial score (nSPS) is 10.6. The number of carbonyl (C=O) groups is 4. The number of rotatable bonds is 22. The lowest BCUT2D eigenvalue weighted by Gasteiger charge is -2.22. The van der Waals surface area contributed by atoms with Crippen LogP contribution in [0.5, 0.6) is 23.0 Å². The number of benzene rings is 6. The summed E-state index contributed by atoms with van der Waals surface area (Å²) in [6.07, 6.45) is 1.13. The van der Waals surface area contributed by atoms with Crippen LogP contribution in [0.2, 0.25) is 0 Å². The van der Waals surface area contributed by atoms with E-state index in [-0.39, 0.29) is 19.6 Å². The first-order valence-corrected chi connectivity index (χ1v) is 24.5. The number of carboxylic acid groups (broad SMARTS) is 1. The maximum atomic E-state index is 13.0. The Morgan fingerprint density at radius 1 is 0.519 bits per heavy atom. The van der Waals surface area contributed by atoms with Crippen LogP contribution in [0.1, 0.15) is 34.0 Å². The van der Waals surface area contributed by atoms with E-state index in [4.69, 9.17) is 32.5 Å². The van der Waals surface area contributed by atoms with E-state index >= 15 is 0 Å². The first-order valence-electron chi connectivity index (χ1n) is 24.5. The van der Waals surface area contributed by atoms with Crippen molar-refractivity contribution in [3.05, 3.63) is 192 Å². The number of oxazole rings is 2. The Morgan fingerprint density at radius 2 is 0.935 bits per heavy atom. The Bertz CT molecular complexity index is 3180. The third kappa shape index (κ3) is 16.7. The van der Waals surface area contributed by atoms with Crippen molar-refractivity contribution < 1.29 is 56.8 Å². The first kappa shape index (κ1) is 55.2. The maximum absolute atomic E-state index is 13.0. The molecule has 0 radical (unpaired) electrons. The maximum Gasteiger partial charge on any atom is 0.325 e. The molecule has 0 unspecified atom stereocenters. The topological polar surface area (TPSA) is 217 Å². The SMILES string of the molecule is COC(=O)CN(Cc1cccc(OCCc2nc(-c3ccccc3)oc2C)c1)C(=O)Nc1ccc(OC)cc1.COc1ccc(NC(=O)N(CC(=O)O)Cc2cccc(OCCc3nc(-c4ccccc4)oc3C)c2)cc1. The zero-order valence-electron chi connectivity index (χ0n) is 43.4. The first-order chi connectivity index (χ1) is 37.4. The summed E-state index contributed by atoms with van der Waals surface area (Å²) in [5, 5.41) is 14.9. The van der Waals surface area contributed by atoms with Crippen molar-refractivity contribution in [2.24, 2.45) is 0 Å². The second-order valence-electron chi connectivity index (χ2n) is 17.3. The zero-order valence-corrected chi connectivity index (χ0v) is 43.4. The Labute approximate surface area is 446 Å². The lowest BCUT2D eigenvalue weighted by Crippen LogP contribution is -2.38. The molecule has 0 spiro atoms. The van der Waals surface area contributed by atoms with Crippen LogP contribution in [0.4, 0.5) is 21.0 Å². The third-order valence-electron chi connectivity index (χ3n) is 11.7. The summed E-state index contributed by atoms with van der Waals surface area (Å²) < 4.78 is 38.6. The molecule has 18 nitrogen and oxygen atoms in total. The number of nitrogens with zero attached hydrogens (tertiary/aromatic N) is 4. The molecule has 0 aliphatic heterocycles. The quantitative estimate of drug-likeness (QED) is 0.0538. The van der Waals surface area contributed by atoms with Crippen LogP contribution < -0.4 is 29.6 Å². The number of amides is 4. The molecule has 18 heteroatoms. The number of aliphatic carboxylic acids is 1. The van der Waals surface area contributed by atoms with Gasteiger partial charge in [-0.25, -0.2) is 19.6 Å². The van der Waals surface area contributed by atoms with E-state index in [1.165, 1.54) is 16.9 Å². The Kier molecular flexibility index (Phi) is 19.8. The minimum Gasteiger partial charge on any atom is -0.497 e. The van der Waals surface area contributed by atoms with Crippen LogP contribution in [0, 0.1) is 13.8 Å². The molecule has 0 saturated carbocycles. The lowest BCUT2D eigenvalue weighted by atomic mass is 10.2. The molecule has 398 valence electrons. The van der Waals surface area contributed by atoms with E-state index in [0.717, 1.165) is 45.2 Å². The van der Waals surface area contributed by atoms with Crippen molar-refractivity contribution in [2.75, 3.05) is 58.3 Å². The molecule has 2 aromatic heterocycles. The summed E-state index contributed by atoms with van der Waals surface area (Å²) >= 11 is 0. The van der Waals surface area contributed by atoms with Crippen molar-refractivity contribution in [2.45, 2.75) is 39.8 Å². The number of urea groups is 2. The lowest BCUT2D eigenvalue weighted by molar-refractivity contribution is -0.141. The van der Waals surface area contributed by atoms with Gasteiger partial charge in [0, 0.05) is 48.4 Å². The third-order valence-corrected chi connectivity index (χ3v) is 11.7. The minimum absolute atomic E-state index is 0.0916. The molecule has 0 atom stereocenters. The van der Waals surface area contributed by atoms with Gasteiger partial charge in [0.05, 0.1) is 45.9 Å². The van der Waals surface area contributed by atoms with Gasteiger partial charge in [-0.2, -0.15) is 0 Å². The summed E-state index contributed by atoms with van der Waals surface area (Å²) in [6, 6.07) is 46.8. The van der Waals surface area contributed by atoms with Crippen LogP contribution in [0.25, 0.3) is 22.9 Å². The van der Waals surface area contributed by atoms with Gasteiger partial charge < -0.3 is 58.1 Å². The highest BCUT2D eigenvalue weighted by atomic mass is 16.5. The smallest absolute Gasteiger partial charge is 0.325 e. The van der Waals surface area contributed by atoms with Gasteiger partial charge in [-0.15, -0.1) is 0 Å². The summed E-state index contributed by atoms with van der Waals surface area (Å²) in [5.74, 6) is 3.61. The van der Waals surface area contributed by atoms with Gasteiger partial charge in [0.15, 0.2) is 0 Å².